The molecule has 7 heteroatoms. The Labute approximate surface area is 158 Å². The van der Waals surface area contributed by atoms with Gasteiger partial charge < -0.3 is 5.32 Å². The topological polar surface area (TPSA) is 42.0 Å². The number of hydrogen-bond donors (Lipinski definition) is 1. The van der Waals surface area contributed by atoms with Crippen LogP contribution in [0.25, 0.3) is 11.3 Å². The van der Waals surface area contributed by atoms with Crippen LogP contribution in [-0.2, 0) is 10.5 Å². The summed E-state index contributed by atoms with van der Waals surface area (Å²) in [6.07, 6.45) is 0. The highest BCUT2D eigenvalue weighted by atomic mass is 32.2. The molecule has 134 valence electrons. The number of nitrogens with one attached hydrogen (secondary N) is 1. The number of aromatic nitrogens is 1. The van der Waals surface area contributed by atoms with Gasteiger partial charge in [-0.05, 0) is 30.7 Å². The van der Waals surface area contributed by atoms with E-state index in [9.17, 15) is 13.6 Å². The summed E-state index contributed by atoms with van der Waals surface area (Å²) in [6, 6.07) is 11.8. The fourth-order valence-electron chi connectivity index (χ4n) is 2.22. The molecule has 2 aromatic carbocycles. The monoisotopic (exact) mass is 390 g/mol. The third-order valence-corrected chi connectivity index (χ3v) is 5.35. The van der Waals surface area contributed by atoms with Gasteiger partial charge in [0.2, 0.25) is 5.91 Å². The van der Waals surface area contributed by atoms with Crippen LogP contribution in [0.5, 0.6) is 0 Å². The number of hydrogen-bond acceptors (Lipinski definition) is 4. The second-order valence-corrected chi connectivity index (χ2v) is 7.54. The number of carbonyl (C=O) groups is 1. The highest BCUT2D eigenvalue weighted by molar-refractivity contribution is 7.99. The number of rotatable bonds is 6. The third-order valence-electron chi connectivity index (χ3n) is 3.59. The molecule has 1 aromatic heterocycles. The average Bonchev–Trinajstić information content (AvgIpc) is 3.07. The van der Waals surface area contributed by atoms with E-state index in [1.165, 1.54) is 40.3 Å². The van der Waals surface area contributed by atoms with Crippen molar-refractivity contribution in [1.29, 1.82) is 0 Å². The Morgan fingerprint density at radius 3 is 2.65 bits per heavy atom. The molecule has 0 spiro atoms. The second kappa shape index (κ2) is 8.42. The summed E-state index contributed by atoms with van der Waals surface area (Å²) in [5, 5.41) is 4.87. The van der Waals surface area contributed by atoms with E-state index in [2.05, 4.69) is 22.4 Å². The van der Waals surface area contributed by atoms with Gasteiger partial charge in [0.1, 0.15) is 0 Å². The minimum atomic E-state index is -0.923. The molecule has 0 atom stereocenters. The van der Waals surface area contributed by atoms with Crippen LogP contribution in [0.1, 0.15) is 11.1 Å². The maximum absolute atomic E-state index is 13.3. The maximum Gasteiger partial charge on any atom is 0.236 e. The van der Waals surface area contributed by atoms with Gasteiger partial charge in [-0.3, -0.25) is 4.79 Å². The summed E-state index contributed by atoms with van der Waals surface area (Å²) in [7, 11) is 0. The van der Waals surface area contributed by atoms with Crippen LogP contribution in [-0.4, -0.2) is 16.6 Å². The van der Waals surface area contributed by atoms with Crippen molar-refractivity contribution in [3.63, 3.8) is 0 Å². The summed E-state index contributed by atoms with van der Waals surface area (Å²) in [6.45, 7) is 2.03. The SMILES string of the molecule is Cc1ccc(CSCC(=O)Nc2nc(-c3ccc(F)c(F)c3)cs2)cc1. The van der Waals surface area contributed by atoms with Crippen molar-refractivity contribution in [2.75, 3.05) is 11.1 Å². The smallest absolute Gasteiger partial charge is 0.236 e. The number of amides is 1. The average molecular weight is 390 g/mol. The number of carbonyl (C=O) groups excluding carboxylic acids is 1. The Kier molecular flexibility index (Phi) is 6.00. The van der Waals surface area contributed by atoms with Crippen LogP contribution in [0.2, 0.25) is 0 Å². The first-order valence-corrected chi connectivity index (χ1v) is 9.89. The largest absolute Gasteiger partial charge is 0.301 e. The predicted octanol–water partition coefficient (Wildman–Crippen LogP) is 5.27. The van der Waals surface area contributed by atoms with Crippen LogP contribution in [0.15, 0.2) is 47.8 Å². The first-order chi connectivity index (χ1) is 12.5. The van der Waals surface area contributed by atoms with Gasteiger partial charge in [-0.15, -0.1) is 23.1 Å². The van der Waals surface area contributed by atoms with Gasteiger partial charge in [-0.2, -0.15) is 0 Å². The van der Waals surface area contributed by atoms with Crippen molar-refractivity contribution in [2.45, 2.75) is 12.7 Å². The molecule has 26 heavy (non-hydrogen) atoms. The quantitative estimate of drug-likeness (QED) is 0.624. The number of anilines is 1. The van der Waals surface area contributed by atoms with E-state index in [0.717, 1.165) is 17.9 Å². The zero-order valence-corrected chi connectivity index (χ0v) is 15.6. The molecule has 0 radical (unpaired) electrons. The van der Waals surface area contributed by atoms with Crippen LogP contribution in [0, 0.1) is 18.6 Å². The maximum atomic E-state index is 13.3. The lowest BCUT2D eigenvalue weighted by molar-refractivity contribution is -0.113. The Balaban J connectivity index is 1.52. The standard InChI is InChI=1S/C19H16F2N2OS2/c1-12-2-4-13(5-3-12)9-25-11-18(24)23-19-22-17(10-26-19)14-6-7-15(20)16(21)8-14/h2-8,10H,9,11H2,1H3,(H,22,23,24). The molecule has 3 aromatic rings. The molecule has 3 rings (SSSR count). The number of halogens is 2. The molecule has 0 unspecified atom stereocenters. The molecular formula is C19H16F2N2OS2. The lowest BCUT2D eigenvalue weighted by Crippen LogP contribution is -2.13. The van der Waals surface area contributed by atoms with E-state index >= 15 is 0 Å². The van der Waals surface area contributed by atoms with E-state index < -0.39 is 11.6 Å². The lowest BCUT2D eigenvalue weighted by Gasteiger charge is -2.03. The van der Waals surface area contributed by atoms with E-state index in [1.54, 1.807) is 5.38 Å². The molecule has 1 heterocycles. The molecule has 0 aliphatic carbocycles. The molecular weight excluding hydrogens is 374 g/mol. The van der Waals surface area contributed by atoms with Gasteiger partial charge >= 0.3 is 0 Å². The number of aryl methyl sites for hydroxylation is 1. The molecule has 0 aliphatic heterocycles. The third kappa shape index (κ3) is 4.89. The molecule has 0 saturated carbocycles. The fourth-order valence-corrected chi connectivity index (χ4v) is 3.74. The summed E-state index contributed by atoms with van der Waals surface area (Å²) >= 11 is 2.77. The molecule has 0 saturated heterocycles. The van der Waals surface area contributed by atoms with Crippen molar-refractivity contribution < 1.29 is 13.6 Å². The van der Waals surface area contributed by atoms with Crippen molar-refractivity contribution in [3.05, 3.63) is 70.6 Å². The van der Waals surface area contributed by atoms with Crippen molar-refractivity contribution in [3.8, 4) is 11.3 Å². The number of thioether (sulfide) groups is 1. The molecule has 0 aliphatic rings. The molecule has 1 N–H and O–H groups in total. The Morgan fingerprint density at radius 2 is 1.92 bits per heavy atom. The van der Waals surface area contributed by atoms with Crippen LogP contribution < -0.4 is 5.32 Å². The van der Waals surface area contributed by atoms with Crippen LogP contribution in [0.3, 0.4) is 0 Å². The number of thiazole rings is 1. The van der Waals surface area contributed by atoms with Gasteiger partial charge in [0.05, 0.1) is 11.4 Å². The van der Waals surface area contributed by atoms with Gasteiger partial charge in [0.15, 0.2) is 16.8 Å². The van der Waals surface area contributed by atoms with E-state index in [0.29, 0.717) is 22.1 Å². The molecule has 0 fully saturated rings. The van der Waals surface area contributed by atoms with Gasteiger partial charge in [-0.25, -0.2) is 13.8 Å². The van der Waals surface area contributed by atoms with Gasteiger partial charge in [0, 0.05) is 16.7 Å². The summed E-state index contributed by atoms with van der Waals surface area (Å²) < 4.78 is 26.3. The summed E-state index contributed by atoms with van der Waals surface area (Å²) in [5.74, 6) is -0.899. The first-order valence-electron chi connectivity index (χ1n) is 7.85. The normalized spacial score (nSPS) is 10.7. The van der Waals surface area contributed by atoms with Crippen molar-refractivity contribution in [1.82, 2.24) is 4.98 Å². The molecule has 1 amide bonds. The Hall–Kier alpha value is -2.25. The molecule has 3 nitrogen and oxygen atoms in total. The first kappa shape index (κ1) is 18.5. The van der Waals surface area contributed by atoms with Crippen molar-refractivity contribution in [2.24, 2.45) is 0 Å². The minimum absolute atomic E-state index is 0.145. The Morgan fingerprint density at radius 1 is 1.15 bits per heavy atom. The number of nitrogens with zero attached hydrogens (tertiary/aromatic N) is 1. The molecule has 0 bridgehead atoms. The highest BCUT2D eigenvalue weighted by Crippen LogP contribution is 2.26. The predicted molar refractivity (Wildman–Crippen MR) is 103 cm³/mol. The van der Waals surface area contributed by atoms with Gasteiger partial charge in [0.25, 0.3) is 0 Å². The second-order valence-electron chi connectivity index (χ2n) is 5.69. The van der Waals surface area contributed by atoms with E-state index in [4.69, 9.17) is 0 Å². The lowest BCUT2D eigenvalue weighted by atomic mass is 10.2. The number of benzene rings is 2. The Bertz CT molecular complexity index is 910. The van der Waals surface area contributed by atoms with E-state index in [-0.39, 0.29) is 5.91 Å². The summed E-state index contributed by atoms with van der Waals surface area (Å²) in [4.78, 5) is 16.3. The van der Waals surface area contributed by atoms with Crippen molar-refractivity contribution >= 4 is 34.1 Å². The zero-order chi connectivity index (χ0) is 18.5. The summed E-state index contributed by atoms with van der Waals surface area (Å²) in [5.41, 5.74) is 3.34. The minimum Gasteiger partial charge on any atom is -0.301 e. The van der Waals surface area contributed by atoms with Gasteiger partial charge in [-0.1, -0.05) is 29.8 Å². The zero-order valence-electron chi connectivity index (χ0n) is 14.0. The van der Waals surface area contributed by atoms with Crippen LogP contribution in [0.4, 0.5) is 13.9 Å². The fraction of sp³-hybridized carbons (Fsp3) is 0.158. The highest BCUT2D eigenvalue weighted by Gasteiger charge is 2.10. The van der Waals surface area contributed by atoms with Crippen LogP contribution >= 0.6 is 23.1 Å². The van der Waals surface area contributed by atoms with E-state index in [1.807, 2.05) is 19.1 Å².